The van der Waals surface area contributed by atoms with Crippen LogP contribution in [0.3, 0.4) is 0 Å². The second-order valence-electron chi connectivity index (χ2n) is 13.2. The van der Waals surface area contributed by atoms with Gasteiger partial charge in [0.15, 0.2) is 6.61 Å². The molecule has 226 valence electrons. The van der Waals surface area contributed by atoms with E-state index in [-0.39, 0.29) is 23.4 Å². The number of carboxylic acid groups (broad SMARTS) is 1. The Morgan fingerprint density at radius 1 is 1.12 bits per heavy atom. The highest BCUT2D eigenvalue weighted by Gasteiger charge is 2.63. The molecule has 0 aliphatic heterocycles. The molecular formula is C31H45N3O7. The first-order valence-corrected chi connectivity index (χ1v) is 14.8. The second kappa shape index (κ2) is 11.8. The standard InChI is InChI=1S/C31H45N3O7/c1-6-31(40)14-11-23-21-8-7-19-15-20(9-12-29(19,4)22(21)10-13-30(23,31)5)34-41-17-25(36)33-26(18(2)3)27(37)32-24(16-35)28(38)39/h1,15,18,21-24,26,35,40H,7-14,16-17H2,2-5H3,(H,32,37)(H,33,36)(H,38,39)/t21-,22-,23-,24-,26+,29+,30+,31-/m1/s1. The van der Waals surface area contributed by atoms with E-state index in [1.54, 1.807) is 13.8 Å². The molecule has 4 rings (SSSR count). The van der Waals surface area contributed by atoms with Gasteiger partial charge in [0.05, 0.1) is 12.3 Å². The first-order chi connectivity index (χ1) is 19.3. The lowest BCUT2D eigenvalue weighted by atomic mass is 9.46. The van der Waals surface area contributed by atoms with E-state index in [1.165, 1.54) is 5.57 Å². The minimum absolute atomic E-state index is 0.0672. The van der Waals surface area contributed by atoms with E-state index in [1.807, 2.05) is 0 Å². The Morgan fingerprint density at radius 3 is 2.46 bits per heavy atom. The quantitative estimate of drug-likeness (QED) is 0.210. The summed E-state index contributed by atoms with van der Waals surface area (Å²) in [6, 6.07) is -2.44. The maximum Gasteiger partial charge on any atom is 0.328 e. The number of aliphatic carboxylic acids is 1. The summed E-state index contributed by atoms with van der Waals surface area (Å²) in [6.45, 7) is 6.86. The van der Waals surface area contributed by atoms with Crippen LogP contribution in [-0.4, -0.2) is 69.7 Å². The highest BCUT2D eigenvalue weighted by atomic mass is 16.6. The molecule has 4 aliphatic carbocycles. The largest absolute Gasteiger partial charge is 0.480 e. The van der Waals surface area contributed by atoms with Gasteiger partial charge in [0.25, 0.3) is 5.91 Å². The molecule has 0 aromatic carbocycles. The highest BCUT2D eigenvalue weighted by Crippen LogP contribution is 2.67. The zero-order valence-electron chi connectivity index (χ0n) is 24.6. The van der Waals surface area contributed by atoms with Gasteiger partial charge < -0.3 is 30.8 Å². The molecule has 4 aliphatic rings. The Labute approximate surface area is 242 Å². The fourth-order valence-electron chi connectivity index (χ4n) is 8.27. The van der Waals surface area contributed by atoms with Crippen molar-refractivity contribution in [3.8, 4) is 12.3 Å². The number of hydrogen-bond acceptors (Lipinski definition) is 7. The molecule has 0 saturated heterocycles. The molecule has 10 heteroatoms. The van der Waals surface area contributed by atoms with Crippen molar-refractivity contribution in [3.63, 3.8) is 0 Å². The van der Waals surface area contributed by atoms with E-state index in [0.717, 1.165) is 50.7 Å². The fraction of sp³-hybridized carbons (Fsp3) is 0.742. The van der Waals surface area contributed by atoms with E-state index < -0.39 is 42.1 Å². The van der Waals surface area contributed by atoms with Crippen LogP contribution in [0, 0.1) is 46.8 Å². The number of terminal acetylenes is 1. The molecule has 2 amide bonds. The third-order valence-corrected chi connectivity index (χ3v) is 10.8. The molecule has 0 spiro atoms. The third-order valence-electron chi connectivity index (χ3n) is 10.8. The molecule has 0 heterocycles. The van der Waals surface area contributed by atoms with Crippen LogP contribution in [0.1, 0.15) is 79.1 Å². The molecule has 0 aromatic rings. The van der Waals surface area contributed by atoms with Crippen molar-refractivity contribution < 1.29 is 34.5 Å². The third kappa shape index (κ3) is 5.63. The van der Waals surface area contributed by atoms with Gasteiger partial charge in [-0.05, 0) is 86.5 Å². The van der Waals surface area contributed by atoms with Gasteiger partial charge in [-0.3, -0.25) is 9.59 Å². The van der Waals surface area contributed by atoms with Gasteiger partial charge in [0.1, 0.15) is 17.7 Å². The summed E-state index contributed by atoms with van der Waals surface area (Å²) in [5, 5.41) is 38.5. The van der Waals surface area contributed by atoms with Gasteiger partial charge in [-0.15, -0.1) is 6.42 Å². The average Bonchev–Trinajstić information content (AvgIpc) is 3.20. The van der Waals surface area contributed by atoms with Crippen LogP contribution in [-0.2, 0) is 19.2 Å². The lowest BCUT2D eigenvalue weighted by Gasteiger charge is -2.58. The summed E-state index contributed by atoms with van der Waals surface area (Å²) < 4.78 is 0. The number of carbonyl (C=O) groups excluding carboxylic acids is 2. The van der Waals surface area contributed by atoms with Gasteiger partial charge in [0, 0.05) is 5.41 Å². The Hall–Kier alpha value is -2.90. The number of carbonyl (C=O) groups is 3. The number of carboxylic acids is 1. The molecule has 0 radical (unpaired) electrons. The molecule has 0 unspecified atom stereocenters. The number of aliphatic hydroxyl groups excluding tert-OH is 1. The van der Waals surface area contributed by atoms with Crippen molar-refractivity contribution in [3.05, 3.63) is 11.6 Å². The van der Waals surface area contributed by atoms with Crippen molar-refractivity contribution in [1.82, 2.24) is 10.6 Å². The first kappa shape index (κ1) is 31.0. The topological polar surface area (TPSA) is 158 Å². The molecule has 3 saturated carbocycles. The number of rotatable bonds is 9. The van der Waals surface area contributed by atoms with Crippen molar-refractivity contribution in [2.45, 2.75) is 96.7 Å². The van der Waals surface area contributed by atoms with Crippen LogP contribution in [0.25, 0.3) is 0 Å². The normalized spacial score (nSPS) is 36.6. The molecule has 10 nitrogen and oxygen atoms in total. The second-order valence-corrected chi connectivity index (χ2v) is 13.2. The molecule has 41 heavy (non-hydrogen) atoms. The molecule has 5 N–H and O–H groups in total. The molecule has 8 atom stereocenters. The van der Waals surface area contributed by atoms with Crippen LogP contribution in [0.2, 0.25) is 0 Å². The van der Waals surface area contributed by atoms with Crippen LogP contribution >= 0.6 is 0 Å². The monoisotopic (exact) mass is 571 g/mol. The number of fused-ring (bicyclic) bond motifs is 5. The fourth-order valence-corrected chi connectivity index (χ4v) is 8.27. The highest BCUT2D eigenvalue weighted by molar-refractivity contribution is 5.96. The number of allylic oxidation sites excluding steroid dienone is 2. The lowest BCUT2D eigenvalue weighted by Crippen LogP contribution is -2.55. The zero-order chi connectivity index (χ0) is 30.2. The molecule has 0 bridgehead atoms. The lowest BCUT2D eigenvalue weighted by molar-refractivity contribution is -0.143. The SMILES string of the molecule is C#C[C@@]1(O)CC[C@@H]2[C@@H]3CCC4=CC(=NOCC(=O)N[C@H](C(=O)N[C@H](CO)C(=O)O)C(C)C)CC[C@]4(C)[C@@H]3CC[C@@]21C. The zero-order valence-corrected chi connectivity index (χ0v) is 24.6. The van der Waals surface area contributed by atoms with E-state index in [2.05, 4.69) is 41.6 Å². The van der Waals surface area contributed by atoms with Crippen LogP contribution < -0.4 is 10.6 Å². The average molecular weight is 572 g/mol. The molecule has 0 aromatic heterocycles. The molecule has 3 fully saturated rings. The number of hydrogen-bond donors (Lipinski definition) is 5. The Bertz CT molecular complexity index is 1160. The van der Waals surface area contributed by atoms with Crippen molar-refractivity contribution in [2.24, 2.45) is 39.7 Å². The Morgan fingerprint density at radius 2 is 1.83 bits per heavy atom. The van der Waals surface area contributed by atoms with Crippen LogP contribution in [0.4, 0.5) is 0 Å². The minimum atomic E-state index is -1.45. The molecular weight excluding hydrogens is 526 g/mol. The number of nitrogens with one attached hydrogen (secondary N) is 2. The number of aliphatic hydroxyl groups is 2. The van der Waals surface area contributed by atoms with E-state index >= 15 is 0 Å². The Kier molecular flexibility index (Phi) is 8.91. The maximum absolute atomic E-state index is 12.5. The minimum Gasteiger partial charge on any atom is -0.480 e. The summed E-state index contributed by atoms with van der Waals surface area (Å²) >= 11 is 0. The number of amides is 2. The summed E-state index contributed by atoms with van der Waals surface area (Å²) in [5.74, 6) is 1.33. The van der Waals surface area contributed by atoms with Crippen molar-refractivity contribution in [2.75, 3.05) is 13.2 Å². The summed E-state index contributed by atoms with van der Waals surface area (Å²) in [6.07, 6.45) is 15.3. The van der Waals surface area contributed by atoms with Crippen LogP contribution in [0.5, 0.6) is 0 Å². The smallest absolute Gasteiger partial charge is 0.328 e. The van der Waals surface area contributed by atoms with E-state index in [0.29, 0.717) is 24.2 Å². The van der Waals surface area contributed by atoms with Gasteiger partial charge in [-0.2, -0.15) is 0 Å². The van der Waals surface area contributed by atoms with E-state index in [9.17, 15) is 19.5 Å². The van der Waals surface area contributed by atoms with Gasteiger partial charge in [-0.25, -0.2) is 4.79 Å². The number of nitrogens with zero attached hydrogens (tertiary/aromatic N) is 1. The summed E-state index contributed by atoms with van der Waals surface area (Å²) in [4.78, 5) is 41.5. The van der Waals surface area contributed by atoms with Gasteiger partial charge in [-0.1, -0.05) is 44.3 Å². The van der Waals surface area contributed by atoms with Gasteiger partial charge >= 0.3 is 5.97 Å². The number of oxime groups is 1. The van der Waals surface area contributed by atoms with Crippen LogP contribution in [0.15, 0.2) is 16.8 Å². The Balaban J connectivity index is 1.36. The van der Waals surface area contributed by atoms with Crippen molar-refractivity contribution >= 4 is 23.5 Å². The van der Waals surface area contributed by atoms with Gasteiger partial charge in [0.2, 0.25) is 5.91 Å². The summed E-state index contributed by atoms with van der Waals surface area (Å²) in [5.41, 5.74) is 1.01. The first-order valence-electron chi connectivity index (χ1n) is 14.8. The van der Waals surface area contributed by atoms with Crippen molar-refractivity contribution in [1.29, 1.82) is 0 Å². The predicted molar refractivity (Wildman–Crippen MR) is 152 cm³/mol. The predicted octanol–water partition coefficient (Wildman–Crippen LogP) is 2.39. The van der Waals surface area contributed by atoms with E-state index in [4.69, 9.17) is 21.5 Å². The maximum atomic E-state index is 12.5. The summed E-state index contributed by atoms with van der Waals surface area (Å²) in [7, 11) is 0.